The highest BCUT2D eigenvalue weighted by Gasteiger charge is 2.26. The van der Waals surface area contributed by atoms with Gasteiger partial charge in [0.05, 0.1) is 21.6 Å². The van der Waals surface area contributed by atoms with Gasteiger partial charge in [0.15, 0.2) is 5.76 Å². The number of carbonyl (C=O) groups is 1. The van der Waals surface area contributed by atoms with Crippen LogP contribution in [0.5, 0.6) is 5.75 Å². The lowest BCUT2D eigenvalue weighted by Gasteiger charge is -2.21. The first kappa shape index (κ1) is 21.5. The fourth-order valence-electron chi connectivity index (χ4n) is 3.27. The number of ether oxygens (including phenoxy) is 1. The summed E-state index contributed by atoms with van der Waals surface area (Å²) in [6, 6.07) is 10.2. The molecule has 1 aliphatic carbocycles. The van der Waals surface area contributed by atoms with Gasteiger partial charge in [-0.3, -0.25) is 4.79 Å². The van der Waals surface area contributed by atoms with Crippen LogP contribution < -0.4 is 10.5 Å². The molecule has 0 spiro atoms. The summed E-state index contributed by atoms with van der Waals surface area (Å²) >= 11 is 13.2. The zero-order chi connectivity index (χ0) is 21.7. The van der Waals surface area contributed by atoms with Crippen LogP contribution in [-0.4, -0.2) is 13.1 Å². The zero-order valence-electron chi connectivity index (χ0n) is 15.0. The normalized spacial score (nSPS) is 11.2. The van der Waals surface area contributed by atoms with Crippen molar-refractivity contribution in [2.75, 3.05) is 7.11 Å². The fraction of sp³-hybridized carbons (Fsp3) is 0.0476. The fourth-order valence-corrected chi connectivity index (χ4v) is 5.67. The molecule has 152 valence electrons. The Balaban J connectivity index is 2.31. The lowest BCUT2D eigenvalue weighted by atomic mass is 9.91. The van der Waals surface area contributed by atoms with Gasteiger partial charge < -0.3 is 14.3 Å². The molecule has 2 aliphatic rings. The average molecular weight is 661 g/mol. The van der Waals surface area contributed by atoms with E-state index < -0.39 is 5.97 Å². The number of esters is 1. The average Bonchev–Trinajstić information content (AvgIpc) is 2.75. The van der Waals surface area contributed by atoms with E-state index in [1.165, 1.54) is 7.11 Å². The van der Waals surface area contributed by atoms with Crippen LogP contribution in [0.4, 0.5) is 0 Å². The number of fused-ring (bicyclic) bond motifs is 2. The lowest BCUT2D eigenvalue weighted by Crippen LogP contribution is -2.08. The van der Waals surface area contributed by atoms with E-state index in [4.69, 9.17) is 9.15 Å². The van der Waals surface area contributed by atoms with Crippen LogP contribution in [0.25, 0.3) is 33.4 Å². The summed E-state index contributed by atoms with van der Waals surface area (Å²) in [6.45, 7) is 0. The quantitative estimate of drug-likeness (QED) is 0.182. The molecule has 1 heterocycles. The molecule has 0 aromatic heterocycles. The molecule has 2 aromatic rings. The number of benzene rings is 3. The summed E-state index contributed by atoms with van der Waals surface area (Å²) in [4.78, 5) is 25.0. The van der Waals surface area contributed by atoms with Crippen molar-refractivity contribution < 1.29 is 19.1 Å². The Bertz CT molecular complexity index is 1380. The summed E-state index contributed by atoms with van der Waals surface area (Å²) < 4.78 is 12.0. The van der Waals surface area contributed by atoms with Gasteiger partial charge in [-0.1, -0.05) is 39.9 Å². The predicted molar refractivity (Wildman–Crippen MR) is 126 cm³/mol. The second kappa shape index (κ2) is 8.11. The molecule has 1 aliphatic heterocycles. The Morgan fingerprint density at radius 1 is 1.00 bits per heavy atom. The number of methoxy groups -OCH3 is 1. The van der Waals surface area contributed by atoms with Crippen LogP contribution in [0.15, 0.2) is 63.5 Å². The van der Waals surface area contributed by atoms with E-state index in [-0.39, 0.29) is 31.5 Å². The van der Waals surface area contributed by atoms with Gasteiger partial charge in [-0.2, -0.15) is 0 Å². The van der Waals surface area contributed by atoms with Crippen LogP contribution in [0.3, 0.4) is 0 Å². The summed E-state index contributed by atoms with van der Waals surface area (Å²) in [6.07, 6.45) is 0. The van der Waals surface area contributed by atoms with Crippen LogP contribution >= 0.6 is 63.7 Å². The van der Waals surface area contributed by atoms with Gasteiger partial charge in [0.1, 0.15) is 10.1 Å². The third-order valence-electron chi connectivity index (χ3n) is 4.61. The van der Waals surface area contributed by atoms with Gasteiger partial charge in [0, 0.05) is 21.0 Å². The van der Waals surface area contributed by atoms with Gasteiger partial charge in [0.2, 0.25) is 5.43 Å². The number of hydrogen-bond donors (Lipinski definition) is 0. The van der Waals surface area contributed by atoms with Crippen molar-refractivity contribution >= 4 is 80.7 Å². The number of hydrogen-bond acceptors (Lipinski definition) is 5. The monoisotopic (exact) mass is 657 g/mol. The Hall–Kier alpha value is -1.68. The number of halogens is 4. The topological polar surface area (TPSA) is 79.6 Å². The van der Waals surface area contributed by atoms with Crippen LogP contribution in [0.2, 0.25) is 0 Å². The minimum atomic E-state index is -0.509. The molecule has 2 aromatic carbocycles. The maximum atomic E-state index is 12.5. The Kier molecular flexibility index (Phi) is 5.82. The van der Waals surface area contributed by atoms with E-state index in [0.717, 1.165) is 0 Å². The molecule has 0 saturated heterocycles. The van der Waals surface area contributed by atoms with Crippen molar-refractivity contribution in [3.63, 3.8) is 0 Å². The van der Waals surface area contributed by atoms with Crippen LogP contribution in [0.1, 0.15) is 10.4 Å². The molecule has 0 bridgehead atoms. The van der Waals surface area contributed by atoms with E-state index in [2.05, 4.69) is 63.7 Å². The molecule has 9 heteroatoms. The first-order valence-electron chi connectivity index (χ1n) is 8.37. The lowest BCUT2D eigenvalue weighted by molar-refractivity contribution is -0.270. The van der Waals surface area contributed by atoms with Crippen molar-refractivity contribution in [2.45, 2.75) is 0 Å². The maximum absolute atomic E-state index is 12.5. The van der Waals surface area contributed by atoms with Crippen LogP contribution in [0, 0.1) is 0 Å². The van der Waals surface area contributed by atoms with Gasteiger partial charge in [0.25, 0.3) is 0 Å². The van der Waals surface area contributed by atoms with Gasteiger partial charge in [-0.05, 0) is 71.6 Å². The molecule has 0 fully saturated rings. The predicted octanol–water partition coefficient (Wildman–Crippen LogP) is 6.48. The second-order valence-corrected chi connectivity index (χ2v) is 9.57. The molecule has 0 N–H and O–H groups in total. The summed E-state index contributed by atoms with van der Waals surface area (Å²) in [7, 11) is 1.31. The van der Waals surface area contributed by atoms with E-state index in [1.807, 2.05) is 0 Å². The standard InChI is InChI=1S/C21H10Br4O5/c1-29-21(28)9-5-3-2-4-8(9)14-10-6-12(22)17(26)15(24)19(10)30-20-11(14)7-13(23)18(27)16(20)25/h2-7,26H,1H3/p-1. The largest absolute Gasteiger partial charge is 0.871 e. The molecular formula is C21H9Br4O5-. The summed E-state index contributed by atoms with van der Waals surface area (Å²) in [5.41, 5.74) is 2.07. The highest BCUT2D eigenvalue weighted by Crippen LogP contribution is 2.48. The maximum Gasteiger partial charge on any atom is 0.338 e. The molecule has 4 rings (SSSR count). The Morgan fingerprint density at radius 2 is 1.70 bits per heavy atom. The molecule has 0 amide bonds. The second-order valence-electron chi connectivity index (χ2n) is 6.27. The van der Waals surface area contributed by atoms with E-state index >= 15 is 0 Å². The third kappa shape index (κ3) is 3.32. The molecule has 0 radical (unpaired) electrons. The first-order chi connectivity index (χ1) is 14.3. The summed E-state index contributed by atoms with van der Waals surface area (Å²) in [5.74, 6) is -0.550. The molecule has 0 atom stereocenters. The number of carbonyl (C=O) groups excluding carboxylic acids is 1. The van der Waals surface area contributed by atoms with Crippen molar-refractivity contribution in [3.05, 3.63) is 70.1 Å². The minimum Gasteiger partial charge on any atom is -0.871 e. The first-order valence-corrected chi connectivity index (χ1v) is 11.5. The van der Waals surface area contributed by atoms with Gasteiger partial charge >= 0.3 is 5.97 Å². The van der Waals surface area contributed by atoms with Gasteiger partial charge in [-0.25, -0.2) is 4.79 Å². The molecular weight excluding hydrogens is 652 g/mol. The Morgan fingerprint density at radius 3 is 2.40 bits per heavy atom. The van der Waals surface area contributed by atoms with Crippen molar-refractivity contribution in [1.29, 1.82) is 0 Å². The Labute approximate surface area is 203 Å². The SMILES string of the molecule is COC(=O)c1ccccc1-c1c2cc(Br)c(=O)c(Br)c-2oc2c(Br)c([O-])c(Br)cc12. The summed E-state index contributed by atoms with van der Waals surface area (Å²) in [5, 5.41) is 13.1. The third-order valence-corrected chi connectivity index (χ3v) is 7.23. The molecule has 0 unspecified atom stereocenters. The highest BCUT2D eigenvalue weighted by atomic mass is 79.9. The van der Waals surface area contributed by atoms with Crippen molar-refractivity contribution in [2.24, 2.45) is 0 Å². The zero-order valence-corrected chi connectivity index (χ0v) is 21.4. The molecule has 30 heavy (non-hydrogen) atoms. The van der Waals surface area contributed by atoms with E-state index in [0.29, 0.717) is 36.6 Å². The van der Waals surface area contributed by atoms with Crippen molar-refractivity contribution in [1.82, 2.24) is 0 Å². The van der Waals surface area contributed by atoms with E-state index in [1.54, 1.807) is 36.4 Å². The highest BCUT2D eigenvalue weighted by molar-refractivity contribution is 9.11. The van der Waals surface area contributed by atoms with Crippen LogP contribution in [-0.2, 0) is 4.74 Å². The molecule has 5 nitrogen and oxygen atoms in total. The smallest absolute Gasteiger partial charge is 0.338 e. The number of rotatable bonds is 2. The molecule has 0 saturated carbocycles. The van der Waals surface area contributed by atoms with E-state index in [9.17, 15) is 14.7 Å². The minimum absolute atomic E-state index is 0.202. The van der Waals surface area contributed by atoms with Crippen molar-refractivity contribution in [3.8, 4) is 28.2 Å². The van der Waals surface area contributed by atoms with Gasteiger partial charge in [-0.15, -0.1) is 0 Å².